The molecule has 0 saturated carbocycles. The van der Waals surface area contributed by atoms with Crippen LogP contribution >= 0.6 is 0 Å². The van der Waals surface area contributed by atoms with Gasteiger partial charge in [0.1, 0.15) is 22.3 Å². The fraction of sp³-hybridized carbons (Fsp3) is 0. The highest BCUT2D eigenvalue weighted by molar-refractivity contribution is 6.31. The van der Waals surface area contributed by atoms with Gasteiger partial charge in [-0.3, -0.25) is 0 Å². The minimum absolute atomic E-state index is 0.871. The van der Waals surface area contributed by atoms with E-state index in [-0.39, 0.29) is 0 Å². The topological polar surface area (TPSA) is 26.3 Å². The predicted octanol–water partition coefficient (Wildman–Crippen LogP) is 11.1. The fourth-order valence-electron chi connectivity index (χ4n) is 6.62. The third-order valence-electron chi connectivity index (χ3n) is 8.25. The first-order valence-corrected chi connectivity index (χ1v) is 13.6. The molecular formula is C38H22O2. The Bertz CT molecular complexity index is 2370. The maximum Gasteiger partial charge on any atom is 0.144 e. The highest BCUT2D eigenvalue weighted by atomic mass is 16.3. The molecule has 2 nitrogen and oxygen atoms in total. The standard InChI is InChI=1S/C38H22O2/c1-2-12-23(13-3-1)34-24-14-4-6-16-26(24)35(27-17-7-5-15-25(27)34)30-22-33-36(28-18-8-10-20-31(28)39-33)37-29-19-9-11-21-32(29)40-38(30)37/h1-22H. The van der Waals surface area contributed by atoms with E-state index >= 15 is 0 Å². The van der Waals surface area contributed by atoms with Crippen molar-refractivity contribution < 1.29 is 8.83 Å². The molecule has 0 unspecified atom stereocenters. The zero-order valence-corrected chi connectivity index (χ0v) is 21.5. The second-order valence-corrected chi connectivity index (χ2v) is 10.4. The molecule has 0 amide bonds. The summed E-state index contributed by atoms with van der Waals surface area (Å²) in [5.74, 6) is 0. The zero-order chi connectivity index (χ0) is 26.2. The average Bonchev–Trinajstić information content (AvgIpc) is 3.58. The molecule has 2 heterocycles. The molecule has 0 spiro atoms. The lowest BCUT2D eigenvalue weighted by Gasteiger charge is -2.18. The van der Waals surface area contributed by atoms with Crippen LogP contribution in [0.3, 0.4) is 0 Å². The summed E-state index contributed by atoms with van der Waals surface area (Å²) in [6.45, 7) is 0. The lowest BCUT2D eigenvalue weighted by atomic mass is 9.85. The lowest BCUT2D eigenvalue weighted by Crippen LogP contribution is -1.91. The zero-order valence-electron chi connectivity index (χ0n) is 21.5. The number of rotatable bonds is 2. The highest BCUT2D eigenvalue weighted by Crippen LogP contribution is 2.49. The van der Waals surface area contributed by atoms with Crippen molar-refractivity contribution in [3.8, 4) is 22.3 Å². The van der Waals surface area contributed by atoms with Crippen molar-refractivity contribution in [2.24, 2.45) is 0 Å². The van der Waals surface area contributed by atoms with Crippen LogP contribution in [-0.2, 0) is 0 Å². The van der Waals surface area contributed by atoms with Crippen LogP contribution in [0.1, 0.15) is 0 Å². The van der Waals surface area contributed by atoms with Gasteiger partial charge in [-0.05, 0) is 50.9 Å². The van der Waals surface area contributed by atoms with Crippen LogP contribution in [0.25, 0.3) is 87.7 Å². The van der Waals surface area contributed by atoms with Crippen molar-refractivity contribution >= 4 is 65.4 Å². The van der Waals surface area contributed by atoms with E-state index < -0.39 is 0 Å². The molecule has 0 radical (unpaired) electrons. The van der Waals surface area contributed by atoms with Crippen LogP contribution in [0.4, 0.5) is 0 Å². The molecule has 0 aliphatic carbocycles. The van der Waals surface area contributed by atoms with E-state index in [0.717, 1.165) is 55.0 Å². The summed E-state index contributed by atoms with van der Waals surface area (Å²) in [6, 6.07) is 47.0. The van der Waals surface area contributed by atoms with E-state index in [0.29, 0.717) is 0 Å². The lowest BCUT2D eigenvalue weighted by molar-refractivity contribution is 0.664. The molecule has 0 atom stereocenters. The molecule has 0 bridgehead atoms. The monoisotopic (exact) mass is 510 g/mol. The molecule has 0 fully saturated rings. The first kappa shape index (κ1) is 21.6. The normalized spacial score (nSPS) is 12.0. The van der Waals surface area contributed by atoms with Crippen molar-refractivity contribution in [2.75, 3.05) is 0 Å². The van der Waals surface area contributed by atoms with Crippen LogP contribution in [0, 0.1) is 0 Å². The molecule has 40 heavy (non-hydrogen) atoms. The summed E-state index contributed by atoms with van der Waals surface area (Å²) in [5.41, 5.74) is 8.20. The van der Waals surface area contributed by atoms with E-state index in [1.807, 2.05) is 18.2 Å². The molecule has 0 aliphatic rings. The first-order chi connectivity index (χ1) is 19.9. The molecule has 2 heteroatoms. The Kier molecular flexibility index (Phi) is 4.36. The second-order valence-electron chi connectivity index (χ2n) is 10.4. The van der Waals surface area contributed by atoms with Gasteiger partial charge >= 0.3 is 0 Å². The van der Waals surface area contributed by atoms with E-state index in [1.54, 1.807) is 0 Å². The van der Waals surface area contributed by atoms with Gasteiger partial charge in [0.2, 0.25) is 0 Å². The SMILES string of the molecule is c1ccc(-c2c3ccccc3c(-c3cc4oc5ccccc5c4c4c3oc3ccccc34)c3ccccc23)cc1. The van der Waals surface area contributed by atoms with Gasteiger partial charge in [0.25, 0.3) is 0 Å². The van der Waals surface area contributed by atoms with Crippen molar-refractivity contribution in [1.29, 1.82) is 0 Å². The minimum Gasteiger partial charge on any atom is -0.456 e. The number of furan rings is 2. The maximum absolute atomic E-state index is 6.74. The molecule has 186 valence electrons. The maximum atomic E-state index is 6.74. The summed E-state index contributed by atoms with van der Waals surface area (Å²) in [4.78, 5) is 0. The molecule has 0 aliphatic heterocycles. The summed E-state index contributed by atoms with van der Waals surface area (Å²) >= 11 is 0. The van der Waals surface area contributed by atoms with E-state index in [2.05, 4.69) is 115 Å². The Morgan fingerprint density at radius 3 is 1.45 bits per heavy atom. The van der Waals surface area contributed by atoms with E-state index in [9.17, 15) is 0 Å². The third kappa shape index (κ3) is 2.88. The summed E-state index contributed by atoms with van der Waals surface area (Å²) in [5, 5.41) is 9.24. The Labute approximate surface area is 229 Å². The number of hydrogen-bond donors (Lipinski definition) is 0. The third-order valence-corrected chi connectivity index (χ3v) is 8.25. The van der Waals surface area contributed by atoms with Crippen molar-refractivity contribution in [3.05, 3.63) is 133 Å². The summed E-state index contributed by atoms with van der Waals surface area (Å²) < 4.78 is 13.3. The van der Waals surface area contributed by atoms with Gasteiger partial charge in [-0.2, -0.15) is 0 Å². The average molecular weight is 511 g/mol. The van der Waals surface area contributed by atoms with Crippen LogP contribution in [0.15, 0.2) is 142 Å². The molecule has 9 rings (SSSR count). The molecule has 0 saturated heterocycles. The van der Waals surface area contributed by atoms with Crippen molar-refractivity contribution in [3.63, 3.8) is 0 Å². The van der Waals surface area contributed by atoms with Crippen molar-refractivity contribution in [1.82, 2.24) is 0 Å². The molecule has 7 aromatic carbocycles. The Morgan fingerprint density at radius 1 is 0.350 bits per heavy atom. The molecule has 2 aromatic heterocycles. The number of hydrogen-bond acceptors (Lipinski definition) is 2. The van der Waals surface area contributed by atoms with Crippen LogP contribution in [-0.4, -0.2) is 0 Å². The van der Waals surface area contributed by atoms with Gasteiger partial charge in [0, 0.05) is 32.7 Å². The molecule has 9 aromatic rings. The van der Waals surface area contributed by atoms with Crippen LogP contribution < -0.4 is 0 Å². The smallest absolute Gasteiger partial charge is 0.144 e. The van der Waals surface area contributed by atoms with E-state index in [1.165, 1.54) is 32.7 Å². The summed E-state index contributed by atoms with van der Waals surface area (Å²) in [7, 11) is 0. The van der Waals surface area contributed by atoms with Crippen molar-refractivity contribution in [2.45, 2.75) is 0 Å². The molecule has 0 N–H and O–H groups in total. The molecular weight excluding hydrogens is 488 g/mol. The number of benzene rings is 7. The Balaban J connectivity index is 1.53. The number of fused-ring (bicyclic) bond motifs is 9. The Morgan fingerprint density at radius 2 is 0.825 bits per heavy atom. The first-order valence-electron chi connectivity index (χ1n) is 13.6. The fourth-order valence-corrected chi connectivity index (χ4v) is 6.62. The summed E-state index contributed by atoms with van der Waals surface area (Å²) in [6.07, 6.45) is 0. The van der Waals surface area contributed by atoms with Gasteiger partial charge in [-0.15, -0.1) is 0 Å². The largest absolute Gasteiger partial charge is 0.456 e. The quantitative estimate of drug-likeness (QED) is 0.216. The van der Waals surface area contributed by atoms with Gasteiger partial charge in [-0.1, -0.05) is 115 Å². The Hall–Kier alpha value is -5.34. The van der Waals surface area contributed by atoms with Crippen LogP contribution in [0.5, 0.6) is 0 Å². The predicted molar refractivity (Wildman–Crippen MR) is 167 cm³/mol. The van der Waals surface area contributed by atoms with Crippen LogP contribution in [0.2, 0.25) is 0 Å². The van der Waals surface area contributed by atoms with E-state index in [4.69, 9.17) is 8.83 Å². The number of para-hydroxylation sites is 2. The highest BCUT2D eigenvalue weighted by Gasteiger charge is 2.24. The second kappa shape index (κ2) is 8.08. The van der Waals surface area contributed by atoms with Gasteiger partial charge < -0.3 is 8.83 Å². The van der Waals surface area contributed by atoms with Gasteiger partial charge in [0.05, 0.1) is 0 Å². The minimum atomic E-state index is 0.871. The van der Waals surface area contributed by atoms with Gasteiger partial charge in [-0.25, -0.2) is 0 Å². The van der Waals surface area contributed by atoms with Gasteiger partial charge in [0.15, 0.2) is 0 Å².